The van der Waals surface area contributed by atoms with E-state index in [9.17, 15) is 0 Å². The number of halogens is 1. The molecule has 0 aromatic heterocycles. The van der Waals surface area contributed by atoms with Gasteiger partial charge in [-0.2, -0.15) is 0 Å². The van der Waals surface area contributed by atoms with Gasteiger partial charge in [0.2, 0.25) is 0 Å². The van der Waals surface area contributed by atoms with Crippen molar-refractivity contribution in [2.24, 2.45) is 5.73 Å². The molecular weight excluding hydrogens is 242 g/mol. The average Bonchev–Trinajstić information content (AvgIpc) is 2.15. The standard InChI is InChI=1S/C11H16BrNO/c1-3-6-14-11-5-4-9(12)7-10(11)8(2)13/h4-5,7-8H,3,6,13H2,1-2H3/t8-/m0/s1. The maximum absolute atomic E-state index is 5.85. The third-order valence-corrected chi connectivity index (χ3v) is 2.42. The monoisotopic (exact) mass is 257 g/mol. The van der Waals surface area contributed by atoms with E-state index in [4.69, 9.17) is 10.5 Å². The number of hydrogen-bond acceptors (Lipinski definition) is 2. The van der Waals surface area contributed by atoms with Gasteiger partial charge in [0.25, 0.3) is 0 Å². The minimum absolute atomic E-state index is 0.000596. The Bertz CT molecular complexity index is 299. The maximum atomic E-state index is 5.85. The van der Waals surface area contributed by atoms with Crippen molar-refractivity contribution in [2.45, 2.75) is 26.3 Å². The molecule has 1 rings (SSSR count). The van der Waals surface area contributed by atoms with Gasteiger partial charge in [0.05, 0.1) is 6.61 Å². The summed E-state index contributed by atoms with van der Waals surface area (Å²) in [7, 11) is 0. The molecule has 0 amide bonds. The summed E-state index contributed by atoms with van der Waals surface area (Å²) in [5.41, 5.74) is 6.90. The molecule has 0 heterocycles. The summed E-state index contributed by atoms with van der Waals surface area (Å²) in [6.45, 7) is 4.78. The maximum Gasteiger partial charge on any atom is 0.124 e. The first kappa shape index (κ1) is 11.5. The smallest absolute Gasteiger partial charge is 0.124 e. The van der Waals surface area contributed by atoms with Crippen molar-refractivity contribution in [1.29, 1.82) is 0 Å². The summed E-state index contributed by atoms with van der Waals surface area (Å²) >= 11 is 3.42. The Morgan fingerprint density at radius 2 is 2.21 bits per heavy atom. The molecule has 78 valence electrons. The Balaban J connectivity index is 2.90. The SMILES string of the molecule is CCCOc1ccc(Br)cc1[C@H](C)N. The largest absolute Gasteiger partial charge is 0.493 e. The van der Waals surface area contributed by atoms with Gasteiger partial charge in [0.1, 0.15) is 5.75 Å². The normalized spacial score (nSPS) is 12.6. The topological polar surface area (TPSA) is 35.2 Å². The van der Waals surface area contributed by atoms with Gasteiger partial charge in [-0.1, -0.05) is 22.9 Å². The van der Waals surface area contributed by atoms with Crippen molar-refractivity contribution in [3.63, 3.8) is 0 Å². The highest BCUT2D eigenvalue weighted by atomic mass is 79.9. The van der Waals surface area contributed by atoms with Crippen LogP contribution in [0.15, 0.2) is 22.7 Å². The molecule has 1 atom stereocenters. The predicted molar refractivity (Wildman–Crippen MR) is 62.5 cm³/mol. The van der Waals surface area contributed by atoms with Crippen LogP contribution in [0.5, 0.6) is 5.75 Å². The first-order chi connectivity index (χ1) is 6.65. The van der Waals surface area contributed by atoms with Crippen LogP contribution in [0, 0.1) is 0 Å². The van der Waals surface area contributed by atoms with Gasteiger partial charge >= 0.3 is 0 Å². The van der Waals surface area contributed by atoms with Crippen LogP contribution in [0.2, 0.25) is 0 Å². The van der Waals surface area contributed by atoms with Gasteiger partial charge in [0, 0.05) is 16.1 Å². The Morgan fingerprint density at radius 1 is 1.50 bits per heavy atom. The fourth-order valence-corrected chi connectivity index (χ4v) is 1.60. The number of benzene rings is 1. The zero-order valence-electron chi connectivity index (χ0n) is 8.59. The third-order valence-electron chi connectivity index (χ3n) is 1.92. The third kappa shape index (κ3) is 3.00. The van der Waals surface area contributed by atoms with Crippen LogP contribution in [-0.4, -0.2) is 6.61 Å². The van der Waals surface area contributed by atoms with Gasteiger partial charge in [-0.05, 0) is 31.5 Å². The lowest BCUT2D eigenvalue weighted by Gasteiger charge is -2.13. The zero-order chi connectivity index (χ0) is 10.6. The lowest BCUT2D eigenvalue weighted by molar-refractivity contribution is 0.312. The van der Waals surface area contributed by atoms with Crippen LogP contribution < -0.4 is 10.5 Å². The van der Waals surface area contributed by atoms with Crippen LogP contribution in [0.25, 0.3) is 0 Å². The van der Waals surface area contributed by atoms with Crippen molar-refractivity contribution < 1.29 is 4.74 Å². The van der Waals surface area contributed by atoms with Crippen molar-refractivity contribution in [3.8, 4) is 5.75 Å². The fraction of sp³-hybridized carbons (Fsp3) is 0.455. The fourth-order valence-electron chi connectivity index (χ4n) is 1.22. The van der Waals surface area contributed by atoms with E-state index in [1.54, 1.807) is 0 Å². The molecule has 1 aromatic carbocycles. The Kier molecular flexibility index (Phi) is 4.42. The van der Waals surface area contributed by atoms with Gasteiger partial charge in [-0.3, -0.25) is 0 Å². The molecule has 0 saturated carbocycles. The van der Waals surface area contributed by atoms with Crippen LogP contribution >= 0.6 is 15.9 Å². The van der Waals surface area contributed by atoms with E-state index in [1.165, 1.54) is 0 Å². The highest BCUT2D eigenvalue weighted by Crippen LogP contribution is 2.27. The molecule has 0 bridgehead atoms. The molecule has 0 unspecified atom stereocenters. The van der Waals surface area contributed by atoms with Crippen LogP contribution in [0.1, 0.15) is 31.9 Å². The highest BCUT2D eigenvalue weighted by Gasteiger charge is 2.08. The number of ether oxygens (including phenoxy) is 1. The molecule has 0 radical (unpaired) electrons. The van der Waals surface area contributed by atoms with E-state index >= 15 is 0 Å². The lowest BCUT2D eigenvalue weighted by atomic mass is 10.1. The van der Waals surface area contributed by atoms with Crippen molar-refractivity contribution in [1.82, 2.24) is 0 Å². The molecule has 0 saturated heterocycles. The van der Waals surface area contributed by atoms with Gasteiger partial charge < -0.3 is 10.5 Å². The first-order valence-electron chi connectivity index (χ1n) is 4.83. The van der Waals surface area contributed by atoms with E-state index in [2.05, 4.69) is 22.9 Å². The summed E-state index contributed by atoms with van der Waals surface area (Å²) in [5, 5.41) is 0. The van der Waals surface area contributed by atoms with Crippen molar-refractivity contribution in [3.05, 3.63) is 28.2 Å². The zero-order valence-corrected chi connectivity index (χ0v) is 10.2. The summed E-state index contributed by atoms with van der Waals surface area (Å²) in [6.07, 6.45) is 1.01. The molecule has 14 heavy (non-hydrogen) atoms. The number of rotatable bonds is 4. The number of nitrogens with two attached hydrogens (primary N) is 1. The van der Waals surface area contributed by atoms with E-state index in [-0.39, 0.29) is 6.04 Å². The summed E-state index contributed by atoms with van der Waals surface area (Å²) in [4.78, 5) is 0. The minimum atomic E-state index is -0.000596. The predicted octanol–water partition coefficient (Wildman–Crippen LogP) is 3.26. The van der Waals surface area contributed by atoms with Gasteiger partial charge in [-0.15, -0.1) is 0 Å². The second-order valence-electron chi connectivity index (χ2n) is 3.32. The number of hydrogen-bond donors (Lipinski definition) is 1. The van der Waals surface area contributed by atoms with E-state index in [0.717, 1.165) is 28.8 Å². The first-order valence-corrected chi connectivity index (χ1v) is 5.62. The van der Waals surface area contributed by atoms with Gasteiger partial charge in [0.15, 0.2) is 0 Å². The van der Waals surface area contributed by atoms with Crippen LogP contribution in [-0.2, 0) is 0 Å². The second-order valence-corrected chi connectivity index (χ2v) is 4.23. The molecule has 1 aromatic rings. The molecule has 2 nitrogen and oxygen atoms in total. The molecule has 0 aliphatic heterocycles. The Hall–Kier alpha value is -0.540. The highest BCUT2D eigenvalue weighted by molar-refractivity contribution is 9.10. The molecule has 0 fully saturated rings. The summed E-state index contributed by atoms with van der Waals surface area (Å²) in [6, 6.07) is 5.93. The average molecular weight is 258 g/mol. The molecule has 0 spiro atoms. The van der Waals surface area contributed by atoms with Crippen molar-refractivity contribution in [2.75, 3.05) is 6.61 Å². The van der Waals surface area contributed by atoms with E-state index < -0.39 is 0 Å². The van der Waals surface area contributed by atoms with Crippen LogP contribution in [0.4, 0.5) is 0 Å². The molecule has 2 N–H and O–H groups in total. The summed E-state index contributed by atoms with van der Waals surface area (Å²) in [5.74, 6) is 0.894. The second kappa shape index (κ2) is 5.37. The Morgan fingerprint density at radius 3 is 2.79 bits per heavy atom. The Labute approximate surface area is 93.6 Å². The molecule has 0 aliphatic carbocycles. The molecular formula is C11H16BrNO. The van der Waals surface area contributed by atoms with E-state index in [0.29, 0.717) is 0 Å². The van der Waals surface area contributed by atoms with E-state index in [1.807, 2.05) is 25.1 Å². The quantitative estimate of drug-likeness (QED) is 0.899. The molecule has 3 heteroatoms. The van der Waals surface area contributed by atoms with Crippen LogP contribution in [0.3, 0.4) is 0 Å². The molecule has 0 aliphatic rings. The lowest BCUT2D eigenvalue weighted by Crippen LogP contribution is -2.08. The van der Waals surface area contributed by atoms with Crippen molar-refractivity contribution >= 4 is 15.9 Å². The minimum Gasteiger partial charge on any atom is -0.493 e. The summed E-state index contributed by atoms with van der Waals surface area (Å²) < 4.78 is 6.64. The van der Waals surface area contributed by atoms with Gasteiger partial charge in [-0.25, -0.2) is 0 Å².